The molecule has 0 saturated carbocycles. The number of fused-ring (bicyclic) bond motifs is 1. The van der Waals surface area contributed by atoms with E-state index in [1.165, 1.54) is 0 Å². The van der Waals surface area contributed by atoms with Crippen molar-refractivity contribution < 1.29 is 20.1 Å². The molecule has 1 unspecified atom stereocenters. The Morgan fingerprint density at radius 1 is 0.905 bits per heavy atom. The van der Waals surface area contributed by atoms with E-state index < -0.39 is 30.6 Å². The minimum atomic E-state index is -1.23. The lowest BCUT2D eigenvalue weighted by Gasteiger charge is -2.40. The molecule has 1 aliphatic heterocycles. The van der Waals surface area contributed by atoms with E-state index in [0.717, 1.165) is 16.5 Å². The van der Waals surface area contributed by atoms with Gasteiger partial charge in [-0.05, 0) is 18.4 Å². The minimum absolute atomic E-state index is 0.559. The van der Waals surface area contributed by atoms with Crippen molar-refractivity contribution in [2.75, 3.05) is 5.32 Å². The predicted octanol–water partition coefficient (Wildman–Crippen LogP) is 1.08. The Morgan fingerprint density at radius 3 is 2.43 bits per heavy atom. The Hall–Kier alpha value is -1.66. The lowest BCUT2D eigenvalue weighted by atomic mass is 9.98. The van der Waals surface area contributed by atoms with Crippen molar-refractivity contribution in [2.45, 2.75) is 37.6 Å². The maximum atomic E-state index is 10.1. The summed E-state index contributed by atoms with van der Waals surface area (Å²) in [5.74, 6) is 0. The highest BCUT2D eigenvalue weighted by atomic mass is 16.5. The van der Waals surface area contributed by atoms with E-state index in [1.807, 2.05) is 42.5 Å². The van der Waals surface area contributed by atoms with Gasteiger partial charge < -0.3 is 25.4 Å². The summed E-state index contributed by atoms with van der Waals surface area (Å²) in [6.07, 6.45) is -4.86. The molecule has 4 N–H and O–H groups in total. The average molecular weight is 289 g/mol. The van der Waals surface area contributed by atoms with Crippen molar-refractivity contribution in [1.82, 2.24) is 0 Å². The summed E-state index contributed by atoms with van der Waals surface area (Å²) in [6.45, 7) is 1.66. The van der Waals surface area contributed by atoms with Gasteiger partial charge in [-0.15, -0.1) is 0 Å². The Bertz CT molecular complexity index is 627. The molecule has 5 heteroatoms. The van der Waals surface area contributed by atoms with Crippen molar-refractivity contribution in [2.24, 2.45) is 0 Å². The monoisotopic (exact) mass is 289 g/mol. The second-order valence-corrected chi connectivity index (χ2v) is 5.40. The lowest BCUT2D eigenvalue weighted by Crippen LogP contribution is -2.58. The van der Waals surface area contributed by atoms with Gasteiger partial charge in [0.25, 0.3) is 0 Å². The molecule has 5 atom stereocenters. The maximum Gasteiger partial charge on any atom is 0.157 e. The number of rotatable bonds is 2. The van der Waals surface area contributed by atoms with Gasteiger partial charge in [-0.2, -0.15) is 0 Å². The second kappa shape index (κ2) is 5.61. The first-order valence-electron chi connectivity index (χ1n) is 7.02. The molecule has 21 heavy (non-hydrogen) atoms. The van der Waals surface area contributed by atoms with Gasteiger partial charge in [0.2, 0.25) is 0 Å². The van der Waals surface area contributed by atoms with Crippen LogP contribution in [-0.2, 0) is 4.74 Å². The molecule has 1 aliphatic rings. The standard InChI is InChI=1S/C16H19NO4/c1-9-13(18)14(19)15(20)16(21-9)17-12-8-4-6-10-5-2-3-7-11(10)12/h2-9,13-20H,1H3/t9-,13-,14+,15+,16?/m0/s1. The van der Waals surface area contributed by atoms with E-state index in [1.54, 1.807) is 6.92 Å². The number of anilines is 1. The summed E-state index contributed by atoms with van der Waals surface area (Å²) >= 11 is 0. The zero-order valence-electron chi connectivity index (χ0n) is 11.7. The highest BCUT2D eigenvalue weighted by molar-refractivity contribution is 5.93. The summed E-state index contributed by atoms with van der Waals surface area (Å²) in [6, 6.07) is 13.7. The average Bonchev–Trinajstić information content (AvgIpc) is 2.51. The normalized spacial score (nSPS) is 33.0. The van der Waals surface area contributed by atoms with Gasteiger partial charge in [0, 0.05) is 11.1 Å². The third-order valence-electron chi connectivity index (χ3n) is 3.94. The van der Waals surface area contributed by atoms with Crippen LogP contribution >= 0.6 is 0 Å². The van der Waals surface area contributed by atoms with Crippen molar-refractivity contribution in [3.8, 4) is 0 Å². The topological polar surface area (TPSA) is 82.0 Å². The van der Waals surface area contributed by atoms with Gasteiger partial charge in [-0.25, -0.2) is 0 Å². The van der Waals surface area contributed by atoms with Gasteiger partial charge in [0.15, 0.2) is 6.23 Å². The van der Waals surface area contributed by atoms with Crippen LogP contribution in [0.25, 0.3) is 10.8 Å². The van der Waals surface area contributed by atoms with Crippen LogP contribution in [0.3, 0.4) is 0 Å². The molecule has 0 amide bonds. The fourth-order valence-corrected chi connectivity index (χ4v) is 2.67. The Labute approximate surface area is 122 Å². The quantitative estimate of drug-likeness (QED) is 0.665. The van der Waals surface area contributed by atoms with Gasteiger partial charge in [0.1, 0.15) is 18.3 Å². The maximum absolute atomic E-state index is 10.1. The zero-order valence-corrected chi connectivity index (χ0v) is 11.7. The van der Waals surface area contributed by atoms with Crippen LogP contribution in [0.1, 0.15) is 6.92 Å². The first-order valence-corrected chi connectivity index (χ1v) is 7.02. The van der Waals surface area contributed by atoms with E-state index >= 15 is 0 Å². The van der Waals surface area contributed by atoms with Crippen LogP contribution in [0, 0.1) is 0 Å². The predicted molar refractivity (Wildman–Crippen MR) is 79.9 cm³/mol. The van der Waals surface area contributed by atoms with Crippen LogP contribution in [-0.4, -0.2) is 46.0 Å². The smallest absolute Gasteiger partial charge is 0.157 e. The van der Waals surface area contributed by atoms with Crippen LogP contribution in [0.2, 0.25) is 0 Å². The molecule has 1 fully saturated rings. The number of hydrogen-bond donors (Lipinski definition) is 4. The molecule has 3 rings (SSSR count). The van der Waals surface area contributed by atoms with Gasteiger partial charge in [-0.3, -0.25) is 0 Å². The van der Waals surface area contributed by atoms with E-state index in [-0.39, 0.29) is 0 Å². The Kier molecular flexibility index (Phi) is 3.82. The largest absolute Gasteiger partial charge is 0.388 e. The number of benzene rings is 2. The summed E-state index contributed by atoms with van der Waals surface area (Å²) in [5, 5.41) is 34.8. The fourth-order valence-electron chi connectivity index (χ4n) is 2.67. The highest BCUT2D eigenvalue weighted by Gasteiger charge is 2.41. The summed E-state index contributed by atoms with van der Waals surface area (Å²) in [5.41, 5.74) is 0.813. The first-order chi connectivity index (χ1) is 10.1. The number of aliphatic hydroxyl groups excluding tert-OH is 3. The molecular formula is C16H19NO4. The molecule has 112 valence electrons. The first kappa shape index (κ1) is 14.3. The summed E-state index contributed by atoms with van der Waals surface area (Å²) in [7, 11) is 0. The van der Waals surface area contributed by atoms with Crippen molar-refractivity contribution in [3.05, 3.63) is 42.5 Å². The fraction of sp³-hybridized carbons (Fsp3) is 0.375. The molecule has 5 nitrogen and oxygen atoms in total. The number of ether oxygens (including phenoxy) is 1. The third kappa shape index (κ3) is 2.61. The molecule has 0 aliphatic carbocycles. The van der Waals surface area contributed by atoms with E-state index in [0.29, 0.717) is 0 Å². The second-order valence-electron chi connectivity index (χ2n) is 5.40. The molecule has 2 aromatic rings. The molecule has 0 aromatic heterocycles. The van der Waals surface area contributed by atoms with E-state index in [4.69, 9.17) is 4.74 Å². The summed E-state index contributed by atoms with van der Waals surface area (Å²) < 4.78 is 5.56. The SMILES string of the molecule is C[C@@H]1OC(Nc2cccc3ccccc23)[C@H](O)[C@H](O)[C@H]1O. The third-order valence-corrected chi connectivity index (χ3v) is 3.94. The summed E-state index contributed by atoms with van der Waals surface area (Å²) in [4.78, 5) is 0. The van der Waals surface area contributed by atoms with Gasteiger partial charge >= 0.3 is 0 Å². The highest BCUT2D eigenvalue weighted by Crippen LogP contribution is 2.27. The molecular weight excluding hydrogens is 270 g/mol. The molecule has 1 heterocycles. The minimum Gasteiger partial charge on any atom is -0.388 e. The number of hydrogen-bond acceptors (Lipinski definition) is 5. The van der Waals surface area contributed by atoms with E-state index in [9.17, 15) is 15.3 Å². The molecule has 0 bridgehead atoms. The van der Waals surface area contributed by atoms with Crippen LogP contribution in [0.5, 0.6) is 0 Å². The Morgan fingerprint density at radius 2 is 1.62 bits per heavy atom. The van der Waals surface area contributed by atoms with Crippen LogP contribution < -0.4 is 5.32 Å². The van der Waals surface area contributed by atoms with Crippen LogP contribution in [0.15, 0.2) is 42.5 Å². The van der Waals surface area contributed by atoms with Crippen molar-refractivity contribution in [3.63, 3.8) is 0 Å². The molecule has 0 radical (unpaired) electrons. The van der Waals surface area contributed by atoms with E-state index in [2.05, 4.69) is 5.32 Å². The molecule has 0 spiro atoms. The Balaban J connectivity index is 1.88. The van der Waals surface area contributed by atoms with Gasteiger partial charge in [-0.1, -0.05) is 36.4 Å². The van der Waals surface area contributed by atoms with Crippen LogP contribution in [0.4, 0.5) is 5.69 Å². The number of nitrogens with one attached hydrogen (secondary N) is 1. The molecule has 1 saturated heterocycles. The van der Waals surface area contributed by atoms with Crippen molar-refractivity contribution >= 4 is 16.5 Å². The molecule has 2 aromatic carbocycles. The van der Waals surface area contributed by atoms with Gasteiger partial charge in [0.05, 0.1) is 6.10 Å². The lowest BCUT2D eigenvalue weighted by molar-refractivity contribution is -0.209. The zero-order chi connectivity index (χ0) is 15.0. The van der Waals surface area contributed by atoms with Crippen molar-refractivity contribution in [1.29, 1.82) is 0 Å². The number of aliphatic hydroxyl groups is 3.